The van der Waals surface area contributed by atoms with Gasteiger partial charge in [0.05, 0.1) is 12.3 Å². The van der Waals surface area contributed by atoms with Crippen molar-refractivity contribution in [3.05, 3.63) is 35.9 Å². The van der Waals surface area contributed by atoms with Crippen LogP contribution in [-0.2, 0) is 11.3 Å². The number of piperidine rings is 1. The molecule has 0 radical (unpaired) electrons. The molecule has 0 unspecified atom stereocenters. The maximum absolute atomic E-state index is 11.8. The van der Waals surface area contributed by atoms with Gasteiger partial charge in [0.15, 0.2) is 0 Å². The zero-order chi connectivity index (χ0) is 12.8. The van der Waals surface area contributed by atoms with Gasteiger partial charge in [0.1, 0.15) is 6.61 Å². The summed E-state index contributed by atoms with van der Waals surface area (Å²) in [6.07, 6.45) is 1.18. The fraction of sp³-hybridized carbons (Fsp3) is 0.385. The third-order valence-corrected chi connectivity index (χ3v) is 2.87. The summed E-state index contributed by atoms with van der Waals surface area (Å²) in [6, 6.07) is 9.54. The van der Waals surface area contributed by atoms with E-state index in [1.807, 2.05) is 30.3 Å². The molecule has 1 aliphatic heterocycles. The normalized spacial score (nSPS) is 17.8. The van der Waals surface area contributed by atoms with Gasteiger partial charge in [0, 0.05) is 6.54 Å². The Balaban J connectivity index is 1.84. The minimum Gasteiger partial charge on any atom is -0.445 e. The third-order valence-electron chi connectivity index (χ3n) is 2.87. The highest BCUT2D eigenvalue weighted by Gasteiger charge is 2.21. The lowest BCUT2D eigenvalue weighted by Crippen LogP contribution is -2.40. The van der Waals surface area contributed by atoms with E-state index in [1.165, 1.54) is 0 Å². The van der Waals surface area contributed by atoms with Crippen LogP contribution < -0.4 is 0 Å². The Hall–Kier alpha value is -2.04. The number of hydrogen-bond acceptors (Lipinski definition) is 4. The van der Waals surface area contributed by atoms with Crippen molar-refractivity contribution in [2.45, 2.75) is 19.4 Å². The predicted octanol–water partition coefficient (Wildman–Crippen LogP) is 2.25. The highest BCUT2D eigenvalue weighted by molar-refractivity contribution is 5.89. The van der Waals surface area contributed by atoms with Crippen LogP contribution >= 0.6 is 0 Å². The van der Waals surface area contributed by atoms with Crippen molar-refractivity contribution in [3.63, 3.8) is 0 Å². The molecule has 0 saturated carbocycles. The van der Waals surface area contributed by atoms with E-state index in [2.05, 4.69) is 5.16 Å². The highest BCUT2D eigenvalue weighted by Crippen LogP contribution is 2.10. The first-order valence-electron chi connectivity index (χ1n) is 5.95. The Morgan fingerprint density at radius 2 is 2.17 bits per heavy atom. The van der Waals surface area contributed by atoms with Crippen molar-refractivity contribution in [3.8, 4) is 0 Å². The van der Waals surface area contributed by atoms with Crippen molar-refractivity contribution in [1.82, 2.24) is 4.90 Å². The van der Waals surface area contributed by atoms with Crippen molar-refractivity contribution in [2.24, 2.45) is 5.16 Å². The van der Waals surface area contributed by atoms with Gasteiger partial charge in [0.25, 0.3) is 0 Å². The standard InChI is InChI=1S/C13H16N2O3/c16-13(15-8-4-7-12(9-15)14-17)18-10-11-5-2-1-3-6-11/h1-3,5-6,17H,4,7-10H2. The number of oxime groups is 1. The van der Waals surface area contributed by atoms with E-state index < -0.39 is 0 Å². The summed E-state index contributed by atoms with van der Waals surface area (Å²) in [5.74, 6) is 0. The monoisotopic (exact) mass is 248 g/mol. The maximum atomic E-state index is 11.8. The van der Waals surface area contributed by atoms with Gasteiger partial charge in [-0.05, 0) is 18.4 Å². The largest absolute Gasteiger partial charge is 0.445 e. The molecule has 1 heterocycles. The lowest BCUT2D eigenvalue weighted by molar-refractivity contribution is 0.0986. The number of carbonyl (C=O) groups excluding carboxylic acids is 1. The van der Waals surface area contributed by atoms with Crippen molar-refractivity contribution >= 4 is 11.8 Å². The molecule has 1 fully saturated rings. The van der Waals surface area contributed by atoms with Crippen molar-refractivity contribution in [2.75, 3.05) is 13.1 Å². The van der Waals surface area contributed by atoms with Crippen LogP contribution in [0, 0.1) is 0 Å². The number of benzene rings is 1. The molecular weight excluding hydrogens is 232 g/mol. The number of ether oxygens (including phenoxy) is 1. The molecule has 1 amide bonds. The number of amides is 1. The number of rotatable bonds is 2. The van der Waals surface area contributed by atoms with Crippen LogP contribution in [0.4, 0.5) is 4.79 Å². The molecule has 0 atom stereocenters. The fourth-order valence-corrected chi connectivity index (χ4v) is 1.90. The lowest BCUT2D eigenvalue weighted by atomic mass is 10.1. The predicted molar refractivity (Wildman–Crippen MR) is 66.7 cm³/mol. The number of hydrogen-bond donors (Lipinski definition) is 1. The van der Waals surface area contributed by atoms with Crippen LogP contribution in [-0.4, -0.2) is 35.0 Å². The van der Waals surface area contributed by atoms with Gasteiger partial charge in [-0.3, -0.25) is 0 Å². The van der Waals surface area contributed by atoms with Gasteiger partial charge in [-0.25, -0.2) is 4.79 Å². The molecule has 5 heteroatoms. The number of likely N-dealkylation sites (tertiary alicyclic amines) is 1. The molecule has 96 valence electrons. The molecule has 2 rings (SSSR count). The van der Waals surface area contributed by atoms with Gasteiger partial charge in [-0.2, -0.15) is 0 Å². The van der Waals surface area contributed by atoms with Crippen LogP contribution in [0.1, 0.15) is 18.4 Å². The molecule has 0 spiro atoms. The zero-order valence-electron chi connectivity index (χ0n) is 10.1. The maximum Gasteiger partial charge on any atom is 0.410 e. The Bertz CT molecular complexity index is 431. The van der Waals surface area contributed by atoms with Crippen molar-refractivity contribution in [1.29, 1.82) is 0 Å². The summed E-state index contributed by atoms with van der Waals surface area (Å²) in [5.41, 5.74) is 1.58. The van der Waals surface area contributed by atoms with E-state index in [9.17, 15) is 4.79 Å². The van der Waals surface area contributed by atoms with Crippen LogP contribution in [0.3, 0.4) is 0 Å². The smallest absolute Gasteiger partial charge is 0.410 e. The zero-order valence-corrected chi connectivity index (χ0v) is 10.1. The molecular formula is C13H16N2O3. The second-order valence-electron chi connectivity index (χ2n) is 4.23. The van der Waals surface area contributed by atoms with Crippen molar-refractivity contribution < 1.29 is 14.7 Å². The fourth-order valence-electron chi connectivity index (χ4n) is 1.90. The second-order valence-corrected chi connectivity index (χ2v) is 4.23. The highest BCUT2D eigenvalue weighted by atomic mass is 16.6. The minimum atomic E-state index is -0.361. The lowest BCUT2D eigenvalue weighted by Gasteiger charge is -2.26. The minimum absolute atomic E-state index is 0.266. The average Bonchev–Trinajstić information content (AvgIpc) is 2.46. The summed E-state index contributed by atoms with van der Waals surface area (Å²) in [5, 5.41) is 11.9. The van der Waals surface area contributed by atoms with E-state index in [0.717, 1.165) is 18.4 Å². The average molecular weight is 248 g/mol. The van der Waals surface area contributed by atoms with Crippen LogP contribution in [0.25, 0.3) is 0 Å². The first-order chi connectivity index (χ1) is 8.79. The second kappa shape index (κ2) is 6.05. The quantitative estimate of drug-likeness (QED) is 0.645. The molecule has 18 heavy (non-hydrogen) atoms. The molecule has 1 aliphatic rings. The first-order valence-corrected chi connectivity index (χ1v) is 5.95. The van der Waals surface area contributed by atoms with Crippen LogP contribution in [0.15, 0.2) is 35.5 Å². The van der Waals surface area contributed by atoms with Gasteiger partial charge in [0.2, 0.25) is 0 Å². The number of nitrogens with zero attached hydrogens (tertiary/aromatic N) is 2. The SMILES string of the molecule is O=C(OCc1ccccc1)N1CCCC(=NO)C1. The Kier molecular flexibility index (Phi) is 4.17. The summed E-state index contributed by atoms with van der Waals surface area (Å²) >= 11 is 0. The van der Waals surface area contributed by atoms with Gasteiger partial charge >= 0.3 is 6.09 Å². The third kappa shape index (κ3) is 3.23. The van der Waals surface area contributed by atoms with E-state index in [0.29, 0.717) is 18.8 Å². The van der Waals surface area contributed by atoms with E-state index in [1.54, 1.807) is 4.90 Å². The molecule has 0 aliphatic carbocycles. The van der Waals surface area contributed by atoms with Crippen LogP contribution in [0.5, 0.6) is 0 Å². The molecule has 1 aromatic rings. The van der Waals surface area contributed by atoms with Gasteiger partial charge in [-0.15, -0.1) is 0 Å². The molecule has 1 aromatic carbocycles. The topological polar surface area (TPSA) is 62.1 Å². The first kappa shape index (κ1) is 12.4. The van der Waals surface area contributed by atoms with E-state index in [-0.39, 0.29) is 12.7 Å². The summed E-state index contributed by atoms with van der Waals surface area (Å²) < 4.78 is 5.21. The molecule has 5 nitrogen and oxygen atoms in total. The Labute approximate surface area is 106 Å². The molecule has 1 saturated heterocycles. The Morgan fingerprint density at radius 1 is 1.39 bits per heavy atom. The molecule has 1 N–H and O–H groups in total. The number of carbonyl (C=O) groups is 1. The summed E-state index contributed by atoms with van der Waals surface area (Å²) in [4.78, 5) is 13.4. The summed E-state index contributed by atoms with van der Waals surface area (Å²) in [6.45, 7) is 1.26. The van der Waals surface area contributed by atoms with Gasteiger partial charge < -0.3 is 14.8 Å². The molecule has 0 aromatic heterocycles. The van der Waals surface area contributed by atoms with Crippen LogP contribution in [0.2, 0.25) is 0 Å². The molecule has 0 bridgehead atoms. The summed E-state index contributed by atoms with van der Waals surface area (Å²) in [7, 11) is 0. The van der Waals surface area contributed by atoms with E-state index >= 15 is 0 Å². The van der Waals surface area contributed by atoms with E-state index in [4.69, 9.17) is 9.94 Å². The Morgan fingerprint density at radius 3 is 2.89 bits per heavy atom. The van der Waals surface area contributed by atoms with Gasteiger partial charge in [-0.1, -0.05) is 35.5 Å².